The Balaban J connectivity index is 1.87. The summed E-state index contributed by atoms with van der Waals surface area (Å²) >= 11 is 0. The summed E-state index contributed by atoms with van der Waals surface area (Å²) in [4.78, 5) is 13.9. The fourth-order valence-electron chi connectivity index (χ4n) is 2.89. The van der Waals surface area contributed by atoms with Crippen molar-refractivity contribution in [3.8, 4) is 0 Å². The van der Waals surface area contributed by atoms with Gasteiger partial charge in [0.2, 0.25) is 0 Å². The number of hydrogen-bond acceptors (Lipinski definition) is 3. The molecule has 1 aliphatic heterocycles. The fraction of sp³-hybridized carbons (Fsp3) is 0.611. The second-order valence-electron chi connectivity index (χ2n) is 7.34. The Hall–Kier alpha value is -1.69. The van der Waals surface area contributed by atoms with Crippen LogP contribution in [0.15, 0.2) is 18.2 Å². The Morgan fingerprint density at radius 1 is 1.38 bits per heavy atom. The molecule has 6 heteroatoms. The van der Waals surface area contributed by atoms with E-state index in [1.54, 1.807) is 11.0 Å². The summed E-state index contributed by atoms with van der Waals surface area (Å²) in [5.41, 5.74) is -0.196. The van der Waals surface area contributed by atoms with Crippen LogP contribution in [-0.2, 0) is 11.3 Å². The molecule has 24 heavy (non-hydrogen) atoms. The first-order chi connectivity index (χ1) is 11.2. The smallest absolute Gasteiger partial charge is 0.410 e. The molecule has 0 aromatic heterocycles. The lowest BCUT2D eigenvalue weighted by molar-refractivity contribution is 0.00931. The molecule has 1 aromatic carbocycles. The average molecular weight is 340 g/mol. The number of nitrogens with one attached hydrogen (secondary N) is 1. The molecule has 0 radical (unpaired) electrons. The summed E-state index contributed by atoms with van der Waals surface area (Å²) in [6.45, 7) is 8.36. The SMILES string of the molecule is CC1CC(NCc2cccc(F)c2F)CCN1C(=O)OC(C)(C)C. The van der Waals surface area contributed by atoms with E-state index in [-0.39, 0.29) is 24.7 Å². The van der Waals surface area contributed by atoms with Crippen molar-refractivity contribution in [3.63, 3.8) is 0 Å². The number of hydrogen-bond donors (Lipinski definition) is 1. The molecule has 0 saturated carbocycles. The zero-order chi connectivity index (χ0) is 17.9. The topological polar surface area (TPSA) is 41.6 Å². The predicted molar refractivity (Wildman–Crippen MR) is 88.6 cm³/mol. The van der Waals surface area contributed by atoms with Gasteiger partial charge in [-0.1, -0.05) is 12.1 Å². The molecule has 1 heterocycles. The number of nitrogens with zero attached hydrogens (tertiary/aromatic N) is 1. The number of piperidine rings is 1. The average Bonchev–Trinajstić information content (AvgIpc) is 2.47. The van der Waals surface area contributed by atoms with Gasteiger partial charge < -0.3 is 15.0 Å². The van der Waals surface area contributed by atoms with Gasteiger partial charge in [0.25, 0.3) is 0 Å². The van der Waals surface area contributed by atoms with Crippen molar-refractivity contribution in [1.29, 1.82) is 0 Å². The first-order valence-electron chi connectivity index (χ1n) is 8.33. The minimum atomic E-state index is -0.831. The lowest BCUT2D eigenvalue weighted by Crippen LogP contribution is -2.50. The molecule has 134 valence electrons. The molecule has 1 fully saturated rings. The maximum Gasteiger partial charge on any atom is 0.410 e. The molecule has 1 saturated heterocycles. The molecule has 1 aliphatic rings. The van der Waals surface area contributed by atoms with Crippen LogP contribution in [0.25, 0.3) is 0 Å². The standard InChI is InChI=1S/C18H26F2N2O2/c1-12-10-14(8-9-22(12)17(23)24-18(2,3)4)21-11-13-6-5-7-15(19)16(13)20/h5-7,12,14,21H,8-11H2,1-4H3. The molecule has 2 unspecified atom stereocenters. The van der Waals surface area contributed by atoms with Crippen LogP contribution < -0.4 is 5.32 Å². The van der Waals surface area contributed by atoms with Crippen LogP contribution >= 0.6 is 0 Å². The maximum absolute atomic E-state index is 13.7. The van der Waals surface area contributed by atoms with Gasteiger partial charge in [0, 0.05) is 30.7 Å². The molecule has 0 spiro atoms. The van der Waals surface area contributed by atoms with Gasteiger partial charge >= 0.3 is 6.09 Å². The Labute approximate surface area is 142 Å². The van der Waals surface area contributed by atoms with E-state index in [1.807, 2.05) is 27.7 Å². The molecule has 4 nitrogen and oxygen atoms in total. The van der Waals surface area contributed by atoms with Crippen molar-refractivity contribution in [3.05, 3.63) is 35.4 Å². The third-order valence-electron chi connectivity index (χ3n) is 4.12. The van der Waals surface area contributed by atoms with Gasteiger partial charge in [-0.15, -0.1) is 0 Å². The summed E-state index contributed by atoms with van der Waals surface area (Å²) in [6.07, 6.45) is 1.20. The molecule has 0 bridgehead atoms. The van der Waals surface area contributed by atoms with Crippen molar-refractivity contribution < 1.29 is 18.3 Å². The number of halogens is 2. The monoisotopic (exact) mass is 340 g/mol. The molecule has 1 aromatic rings. The van der Waals surface area contributed by atoms with Gasteiger partial charge in [0.1, 0.15) is 5.60 Å². The van der Waals surface area contributed by atoms with Crippen LogP contribution in [-0.4, -0.2) is 35.2 Å². The highest BCUT2D eigenvalue weighted by Gasteiger charge is 2.31. The van der Waals surface area contributed by atoms with Crippen LogP contribution in [0, 0.1) is 11.6 Å². The van der Waals surface area contributed by atoms with E-state index in [4.69, 9.17) is 4.74 Å². The first kappa shape index (κ1) is 18.6. The number of likely N-dealkylation sites (tertiary alicyclic amines) is 1. The molecular weight excluding hydrogens is 314 g/mol. The van der Waals surface area contributed by atoms with Gasteiger partial charge in [-0.3, -0.25) is 0 Å². The van der Waals surface area contributed by atoms with Gasteiger partial charge in [-0.05, 0) is 46.6 Å². The highest BCUT2D eigenvalue weighted by atomic mass is 19.2. The van der Waals surface area contributed by atoms with E-state index < -0.39 is 17.2 Å². The number of rotatable bonds is 3. The Morgan fingerprint density at radius 3 is 2.71 bits per heavy atom. The third-order valence-corrected chi connectivity index (χ3v) is 4.12. The zero-order valence-corrected chi connectivity index (χ0v) is 14.7. The van der Waals surface area contributed by atoms with Crippen LogP contribution in [0.2, 0.25) is 0 Å². The number of amides is 1. The Morgan fingerprint density at radius 2 is 2.08 bits per heavy atom. The van der Waals surface area contributed by atoms with E-state index in [9.17, 15) is 13.6 Å². The summed E-state index contributed by atoms with van der Waals surface area (Å²) < 4.78 is 32.3. The largest absolute Gasteiger partial charge is 0.444 e. The van der Waals surface area contributed by atoms with E-state index in [2.05, 4.69) is 5.32 Å². The second-order valence-corrected chi connectivity index (χ2v) is 7.34. The summed E-state index contributed by atoms with van der Waals surface area (Å²) in [6, 6.07) is 4.37. The predicted octanol–water partition coefficient (Wildman–Crippen LogP) is 3.84. The van der Waals surface area contributed by atoms with Crippen LogP contribution in [0.5, 0.6) is 0 Å². The van der Waals surface area contributed by atoms with Gasteiger partial charge in [-0.2, -0.15) is 0 Å². The number of benzene rings is 1. The molecule has 2 rings (SSSR count). The van der Waals surface area contributed by atoms with E-state index in [1.165, 1.54) is 6.07 Å². The van der Waals surface area contributed by atoms with E-state index >= 15 is 0 Å². The normalized spacial score (nSPS) is 21.7. The molecule has 2 atom stereocenters. The third kappa shape index (κ3) is 4.90. The Kier molecular flexibility index (Phi) is 5.80. The highest BCUT2D eigenvalue weighted by Crippen LogP contribution is 2.21. The van der Waals surface area contributed by atoms with Crippen molar-refractivity contribution in [2.75, 3.05) is 6.54 Å². The van der Waals surface area contributed by atoms with Gasteiger partial charge in [-0.25, -0.2) is 13.6 Å². The highest BCUT2D eigenvalue weighted by molar-refractivity contribution is 5.68. The first-order valence-corrected chi connectivity index (χ1v) is 8.33. The van der Waals surface area contributed by atoms with Crippen molar-refractivity contribution >= 4 is 6.09 Å². The number of carbonyl (C=O) groups excluding carboxylic acids is 1. The minimum Gasteiger partial charge on any atom is -0.444 e. The summed E-state index contributed by atoms with van der Waals surface area (Å²) in [5.74, 6) is -1.63. The fourth-order valence-corrected chi connectivity index (χ4v) is 2.89. The van der Waals surface area contributed by atoms with Crippen LogP contribution in [0.1, 0.15) is 46.1 Å². The summed E-state index contributed by atoms with van der Waals surface area (Å²) in [5, 5.41) is 3.26. The van der Waals surface area contributed by atoms with Crippen LogP contribution in [0.3, 0.4) is 0 Å². The summed E-state index contributed by atoms with van der Waals surface area (Å²) in [7, 11) is 0. The van der Waals surface area contributed by atoms with E-state index in [0.717, 1.165) is 18.9 Å². The zero-order valence-electron chi connectivity index (χ0n) is 14.7. The maximum atomic E-state index is 13.7. The lowest BCUT2D eigenvalue weighted by Gasteiger charge is -2.38. The minimum absolute atomic E-state index is 0.0310. The van der Waals surface area contributed by atoms with Gasteiger partial charge in [0.05, 0.1) is 0 Å². The van der Waals surface area contributed by atoms with Gasteiger partial charge in [0.15, 0.2) is 11.6 Å². The number of carbonyl (C=O) groups is 1. The Bertz CT molecular complexity index is 587. The van der Waals surface area contributed by atoms with Crippen LogP contribution in [0.4, 0.5) is 13.6 Å². The van der Waals surface area contributed by atoms with Crippen molar-refractivity contribution in [1.82, 2.24) is 10.2 Å². The number of ether oxygens (including phenoxy) is 1. The van der Waals surface area contributed by atoms with Crippen molar-refractivity contribution in [2.24, 2.45) is 0 Å². The second kappa shape index (κ2) is 7.47. The molecule has 0 aliphatic carbocycles. The lowest BCUT2D eigenvalue weighted by atomic mass is 9.98. The molecule has 1 amide bonds. The van der Waals surface area contributed by atoms with E-state index in [0.29, 0.717) is 12.1 Å². The molecule has 1 N–H and O–H groups in total. The van der Waals surface area contributed by atoms with Crippen molar-refractivity contribution in [2.45, 2.75) is 64.8 Å². The quantitative estimate of drug-likeness (QED) is 0.909. The molecular formula is C18H26F2N2O2.